The Morgan fingerprint density at radius 1 is 1.31 bits per heavy atom. The molecular weight excluding hydrogens is 198 g/mol. The Morgan fingerprint density at radius 3 is 3.19 bits per heavy atom. The van der Waals surface area contributed by atoms with Gasteiger partial charge in [-0.25, -0.2) is 0 Å². The maximum Gasteiger partial charge on any atom is 0.122 e. The Morgan fingerprint density at radius 2 is 2.31 bits per heavy atom. The summed E-state index contributed by atoms with van der Waals surface area (Å²) in [6, 6.07) is 6.59. The first kappa shape index (κ1) is 9.91. The smallest absolute Gasteiger partial charge is 0.122 e. The number of hydrogen-bond donors (Lipinski definition) is 1. The topological polar surface area (TPSA) is 21.3 Å². The number of rotatable bonds is 2. The number of ether oxygens (including phenoxy) is 1. The third-order valence-electron chi connectivity index (χ3n) is 3.36. The zero-order chi connectivity index (χ0) is 10.8. The van der Waals surface area contributed by atoms with Crippen LogP contribution in [0.4, 0.5) is 0 Å². The van der Waals surface area contributed by atoms with Crippen LogP contribution in [0.2, 0.25) is 0 Å². The van der Waals surface area contributed by atoms with Gasteiger partial charge in [0.05, 0.1) is 6.61 Å². The van der Waals surface area contributed by atoms with Gasteiger partial charge in [0.25, 0.3) is 0 Å². The van der Waals surface area contributed by atoms with Gasteiger partial charge < -0.3 is 10.1 Å². The first-order chi connectivity index (χ1) is 7.92. The van der Waals surface area contributed by atoms with Gasteiger partial charge in [0.2, 0.25) is 0 Å². The highest BCUT2D eigenvalue weighted by molar-refractivity contribution is 5.40. The molecule has 1 saturated heterocycles. The Bertz CT molecular complexity index is 415. The van der Waals surface area contributed by atoms with Crippen LogP contribution >= 0.6 is 0 Å². The van der Waals surface area contributed by atoms with Crippen molar-refractivity contribution in [3.63, 3.8) is 0 Å². The van der Waals surface area contributed by atoms with Crippen molar-refractivity contribution in [1.82, 2.24) is 5.32 Å². The van der Waals surface area contributed by atoms with E-state index in [0.29, 0.717) is 0 Å². The maximum absolute atomic E-state index is 5.51. The number of allylic oxidation sites excluding steroid dienone is 1. The minimum atomic E-state index is 0.851. The van der Waals surface area contributed by atoms with Crippen LogP contribution in [-0.2, 0) is 12.8 Å². The van der Waals surface area contributed by atoms with Gasteiger partial charge >= 0.3 is 0 Å². The van der Waals surface area contributed by atoms with Crippen molar-refractivity contribution in [2.45, 2.75) is 19.3 Å². The molecule has 0 radical (unpaired) electrons. The lowest BCUT2D eigenvalue weighted by molar-refractivity contribution is 0.357. The largest absolute Gasteiger partial charge is 0.493 e. The lowest BCUT2D eigenvalue weighted by Crippen LogP contribution is -2.04. The van der Waals surface area contributed by atoms with Crippen molar-refractivity contribution in [3.8, 4) is 5.75 Å². The van der Waals surface area contributed by atoms with E-state index in [-0.39, 0.29) is 0 Å². The molecule has 84 valence electrons. The first-order valence-corrected chi connectivity index (χ1v) is 6.05. The third-order valence-corrected chi connectivity index (χ3v) is 3.36. The van der Waals surface area contributed by atoms with Gasteiger partial charge in [0, 0.05) is 13.0 Å². The van der Waals surface area contributed by atoms with Gasteiger partial charge in [-0.2, -0.15) is 0 Å². The van der Waals surface area contributed by atoms with Crippen LogP contribution in [0.15, 0.2) is 29.8 Å². The fraction of sp³-hybridized carbons (Fsp3) is 0.429. The van der Waals surface area contributed by atoms with Gasteiger partial charge in [-0.1, -0.05) is 23.8 Å². The van der Waals surface area contributed by atoms with E-state index in [2.05, 4.69) is 29.6 Å². The van der Waals surface area contributed by atoms with Crippen molar-refractivity contribution in [2.24, 2.45) is 0 Å². The molecule has 16 heavy (non-hydrogen) atoms. The Balaban J connectivity index is 1.72. The molecule has 2 aliphatic heterocycles. The second kappa shape index (κ2) is 4.30. The Hall–Kier alpha value is -1.28. The van der Waals surface area contributed by atoms with E-state index in [1.165, 1.54) is 17.5 Å². The number of fused-ring (bicyclic) bond motifs is 1. The van der Waals surface area contributed by atoms with Crippen molar-refractivity contribution in [1.29, 1.82) is 0 Å². The molecule has 2 aliphatic rings. The minimum Gasteiger partial charge on any atom is -0.493 e. The highest BCUT2D eigenvalue weighted by Gasteiger charge is 2.11. The van der Waals surface area contributed by atoms with Crippen molar-refractivity contribution in [2.75, 3.05) is 19.7 Å². The summed E-state index contributed by atoms with van der Waals surface area (Å²) >= 11 is 0. The lowest BCUT2D eigenvalue weighted by atomic mass is 10.0. The average molecular weight is 215 g/mol. The second-order valence-electron chi connectivity index (χ2n) is 4.53. The summed E-state index contributed by atoms with van der Waals surface area (Å²) < 4.78 is 5.51. The molecule has 0 unspecified atom stereocenters. The molecule has 0 aliphatic carbocycles. The summed E-state index contributed by atoms with van der Waals surface area (Å²) in [6.07, 6.45) is 5.72. The monoisotopic (exact) mass is 215 g/mol. The summed E-state index contributed by atoms with van der Waals surface area (Å²) in [5, 5.41) is 3.36. The molecule has 1 aromatic carbocycles. The molecule has 1 N–H and O–H groups in total. The van der Waals surface area contributed by atoms with Crippen LogP contribution in [0.25, 0.3) is 0 Å². The lowest BCUT2D eigenvalue weighted by Gasteiger charge is -2.02. The van der Waals surface area contributed by atoms with E-state index in [9.17, 15) is 0 Å². The van der Waals surface area contributed by atoms with Crippen molar-refractivity contribution < 1.29 is 4.74 Å². The molecule has 2 heterocycles. The van der Waals surface area contributed by atoms with Gasteiger partial charge in [-0.3, -0.25) is 0 Å². The SMILES string of the molecule is C(Cc1ccc2c(c1)CCO2)=C1CCNC1. The van der Waals surface area contributed by atoms with Crippen molar-refractivity contribution in [3.05, 3.63) is 41.0 Å². The van der Waals surface area contributed by atoms with Gasteiger partial charge in [-0.05, 0) is 36.6 Å². The number of nitrogens with one attached hydrogen (secondary N) is 1. The fourth-order valence-corrected chi connectivity index (χ4v) is 2.39. The van der Waals surface area contributed by atoms with E-state index < -0.39 is 0 Å². The molecule has 0 aromatic heterocycles. The highest BCUT2D eigenvalue weighted by atomic mass is 16.5. The Labute approximate surface area is 96.3 Å². The van der Waals surface area contributed by atoms with Crippen LogP contribution in [-0.4, -0.2) is 19.7 Å². The minimum absolute atomic E-state index is 0.851. The van der Waals surface area contributed by atoms with Crippen LogP contribution in [0.5, 0.6) is 5.75 Å². The second-order valence-corrected chi connectivity index (χ2v) is 4.53. The van der Waals surface area contributed by atoms with E-state index in [0.717, 1.165) is 38.3 Å². The Kier molecular flexibility index (Phi) is 2.66. The standard InChI is InChI=1S/C14H17NO/c1(2-12-5-7-15-10-12)11-3-4-14-13(9-11)6-8-16-14/h2-4,9,15H,1,5-8,10H2. The molecule has 1 fully saturated rings. The summed E-state index contributed by atoms with van der Waals surface area (Å²) in [5.41, 5.74) is 4.33. The molecule has 2 nitrogen and oxygen atoms in total. The molecule has 0 amide bonds. The predicted molar refractivity (Wildman–Crippen MR) is 64.9 cm³/mol. The first-order valence-electron chi connectivity index (χ1n) is 6.05. The molecule has 2 heteroatoms. The van der Waals surface area contributed by atoms with Crippen LogP contribution in [0.1, 0.15) is 17.5 Å². The zero-order valence-electron chi connectivity index (χ0n) is 9.46. The molecule has 0 saturated carbocycles. The highest BCUT2D eigenvalue weighted by Crippen LogP contribution is 2.26. The summed E-state index contributed by atoms with van der Waals surface area (Å²) in [6.45, 7) is 3.07. The van der Waals surface area contributed by atoms with E-state index in [1.54, 1.807) is 5.57 Å². The molecule has 3 rings (SSSR count). The van der Waals surface area contributed by atoms with Gasteiger partial charge in [-0.15, -0.1) is 0 Å². The predicted octanol–water partition coefficient (Wildman–Crippen LogP) is 2.08. The fourth-order valence-electron chi connectivity index (χ4n) is 2.39. The van der Waals surface area contributed by atoms with E-state index >= 15 is 0 Å². The summed E-state index contributed by atoms with van der Waals surface area (Å²) in [5.74, 6) is 1.08. The van der Waals surface area contributed by atoms with Crippen LogP contribution in [0.3, 0.4) is 0 Å². The summed E-state index contributed by atoms with van der Waals surface area (Å²) in [7, 11) is 0. The summed E-state index contributed by atoms with van der Waals surface area (Å²) in [4.78, 5) is 0. The third kappa shape index (κ3) is 1.98. The number of benzene rings is 1. The van der Waals surface area contributed by atoms with Gasteiger partial charge in [0.15, 0.2) is 0 Å². The normalized spacial score (nSPS) is 21.1. The maximum atomic E-state index is 5.51. The molecule has 0 spiro atoms. The average Bonchev–Trinajstić information content (AvgIpc) is 2.97. The quantitative estimate of drug-likeness (QED) is 0.763. The number of hydrogen-bond acceptors (Lipinski definition) is 2. The van der Waals surface area contributed by atoms with E-state index in [1.807, 2.05) is 0 Å². The van der Waals surface area contributed by atoms with Crippen LogP contribution < -0.4 is 10.1 Å². The molecular formula is C14H17NO. The van der Waals surface area contributed by atoms with E-state index in [4.69, 9.17) is 4.74 Å². The molecule has 0 atom stereocenters. The van der Waals surface area contributed by atoms with Crippen molar-refractivity contribution >= 4 is 0 Å². The van der Waals surface area contributed by atoms with Crippen LogP contribution in [0, 0.1) is 0 Å². The zero-order valence-corrected chi connectivity index (χ0v) is 9.46. The molecule has 0 bridgehead atoms. The van der Waals surface area contributed by atoms with Gasteiger partial charge in [0.1, 0.15) is 5.75 Å². The molecule has 1 aromatic rings.